The molecule has 0 spiro atoms. The van der Waals surface area contributed by atoms with E-state index < -0.39 is 16.0 Å². The first-order valence-electron chi connectivity index (χ1n) is 6.46. The molecule has 0 atom stereocenters. The fourth-order valence-electron chi connectivity index (χ4n) is 2.25. The lowest BCUT2D eigenvalue weighted by Gasteiger charge is -2.29. The van der Waals surface area contributed by atoms with Gasteiger partial charge in [0.2, 0.25) is 0 Å². The molecule has 0 aliphatic carbocycles. The molecule has 0 amide bonds. The lowest BCUT2D eigenvalue weighted by Crippen LogP contribution is -2.35. The minimum atomic E-state index is -3.79. The average molecular weight is 355 g/mol. The van der Waals surface area contributed by atoms with Crippen LogP contribution in [0.5, 0.6) is 0 Å². The maximum absolute atomic E-state index is 13.0. The summed E-state index contributed by atoms with van der Waals surface area (Å²) in [6.07, 6.45) is 0. The molecule has 2 heterocycles. The van der Waals surface area contributed by atoms with Crippen molar-refractivity contribution in [2.45, 2.75) is 9.79 Å². The highest BCUT2D eigenvalue weighted by atomic mass is 32.2. The highest BCUT2D eigenvalue weighted by molar-refractivity contribution is 8.00. The molecule has 0 unspecified atom stereocenters. The molecule has 2 aromatic rings. The van der Waals surface area contributed by atoms with E-state index >= 15 is 0 Å². The number of hydrogen-bond acceptors (Lipinski definition) is 6. The molecule has 0 bridgehead atoms. The number of ether oxygens (including phenoxy) is 1. The number of carbonyl (C=O) groups is 1. The largest absolute Gasteiger partial charge is 0.465 e. The Kier molecular flexibility index (Phi) is 4.16. The van der Waals surface area contributed by atoms with Gasteiger partial charge in [-0.3, -0.25) is 4.31 Å². The molecule has 8 heteroatoms. The van der Waals surface area contributed by atoms with E-state index in [1.54, 1.807) is 23.2 Å². The first-order chi connectivity index (χ1) is 10.6. The zero-order chi connectivity index (χ0) is 15.7. The molecule has 0 fully saturated rings. The summed E-state index contributed by atoms with van der Waals surface area (Å²) in [5.74, 6) is 0.0433. The van der Waals surface area contributed by atoms with Crippen molar-refractivity contribution in [3.8, 4) is 0 Å². The smallest absolute Gasteiger partial charge is 0.349 e. The van der Waals surface area contributed by atoms with Gasteiger partial charge in [0, 0.05) is 17.2 Å². The van der Waals surface area contributed by atoms with Crippen LogP contribution in [0.15, 0.2) is 45.5 Å². The van der Waals surface area contributed by atoms with Gasteiger partial charge in [-0.1, -0.05) is 12.1 Å². The van der Waals surface area contributed by atoms with E-state index in [4.69, 9.17) is 0 Å². The molecule has 22 heavy (non-hydrogen) atoms. The van der Waals surface area contributed by atoms with Crippen LogP contribution >= 0.6 is 23.1 Å². The Morgan fingerprint density at radius 1 is 1.27 bits per heavy atom. The number of benzene rings is 1. The third-order valence-corrected chi connectivity index (χ3v) is 7.18. The van der Waals surface area contributed by atoms with Crippen LogP contribution in [0.3, 0.4) is 0 Å². The van der Waals surface area contributed by atoms with Gasteiger partial charge in [-0.05, 0) is 23.6 Å². The van der Waals surface area contributed by atoms with E-state index in [2.05, 4.69) is 4.74 Å². The lowest BCUT2D eigenvalue weighted by atomic mass is 10.3. The predicted octanol–water partition coefficient (Wildman–Crippen LogP) is 2.84. The van der Waals surface area contributed by atoms with Gasteiger partial charge in [0.25, 0.3) is 10.0 Å². The Morgan fingerprint density at radius 2 is 2.05 bits per heavy atom. The van der Waals surface area contributed by atoms with Gasteiger partial charge in [0.15, 0.2) is 0 Å². The number of esters is 1. The summed E-state index contributed by atoms with van der Waals surface area (Å²) in [6.45, 7) is 0.375. The molecule has 1 aromatic carbocycles. The van der Waals surface area contributed by atoms with Crippen molar-refractivity contribution >= 4 is 44.8 Å². The van der Waals surface area contributed by atoms with E-state index in [1.807, 2.05) is 18.2 Å². The second-order valence-electron chi connectivity index (χ2n) is 4.50. The molecule has 0 saturated carbocycles. The second kappa shape index (κ2) is 5.94. The SMILES string of the molecule is COC(=O)c1sccc1S(=O)(=O)N1CCSc2ccccc21. The summed E-state index contributed by atoms with van der Waals surface area (Å²) >= 11 is 2.69. The van der Waals surface area contributed by atoms with Crippen molar-refractivity contribution in [1.29, 1.82) is 0 Å². The molecule has 116 valence electrons. The maximum atomic E-state index is 13.0. The Hall–Kier alpha value is -1.51. The van der Waals surface area contributed by atoms with Crippen LogP contribution in [0, 0.1) is 0 Å². The van der Waals surface area contributed by atoms with Gasteiger partial charge in [0.05, 0.1) is 12.8 Å². The molecule has 5 nitrogen and oxygen atoms in total. The maximum Gasteiger partial charge on any atom is 0.349 e. The summed E-state index contributed by atoms with van der Waals surface area (Å²) in [7, 11) is -2.55. The fourth-order valence-corrected chi connectivity index (χ4v) is 6.22. The van der Waals surface area contributed by atoms with Gasteiger partial charge >= 0.3 is 5.97 Å². The number of thiophene rings is 1. The van der Waals surface area contributed by atoms with Gasteiger partial charge < -0.3 is 4.74 Å². The van der Waals surface area contributed by atoms with Gasteiger partial charge in [-0.2, -0.15) is 0 Å². The van der Waals surface area contributed by atoms with Crippen molar-refractivity contribution < 1.29 is 17.9 Å². The van der Waals surface area contributed by atoms with Crippen LogP contribution in [0.1, 0.15) is 9.67 Å². The quantitative estimate of drug-likeness (QED) is 0.792. The van der Waals surface area contributed by atoms with Gasteiger partial charge in [-0.15, -0.1) is 23.1 Å². The van der Waals surface area contributed by atoms with Crippen LogP contribution in [0.4, 0.5) is 5.69 Å². The van der Waals surface area contributed by atoms with E-state index in [0.29, 0.717) is 18.0 Å². The fraction of sp³-hybridized carbons (Fsp3) is 0.214. The molecule has 1 aliphatic heterocycles. The Labute approximate surface area is 137 Å². The van der Waals surface area contributed by atoms with Crippen LogP contribution in [-0.4, -0.2) is 33.8 Å². The third kappa shape index (κ3) is 2.51. The lowest BCUT2D eigenvalue weighted by molar-refractivity contribution is 0.0602. The molecule has 0 radical (unpaired) electrons. The molecule has 0 N–H and O–H groups in total. The second-order valence-corrected chi connectivity index (χ2v) is 8.38. The van der Waals surface area contributed by atoms with Gasteiger partial charge in [0.1, 0.15) is 9.77 Å². The Morgan fingerprint density at radius 3 is 2.82 bits per heavy atom. The summed E-state index contributed by atoms with van der Waals surface area (Å²) < 4.78 is 32.0. The van der Waals surface area contributed by atoms with Crippen molar-refractivity contribution in [3.63, 3.8) is 0 Å². The van der Waals surface area contributed by atoms with Crippen molar-refractivity contribution in [1.82, 2.24) is 0 Å². The van der Waals surface area contributed by atoms with Crippen LogP contribution in [-0.2, 0) is 14.8 Å². The molecule has 1 aromatic heterocycles. The van der Waals surface area contributed by atoms with Crippen LogP contribution in [0.25, 0.3) is 0 Å². The normalized spacial score (nSPS) is 14.5. The van der Waals surface area contributed by atoms with Crippen molar-refractivity contribution in [3.05, 3.63) is 40.6 Å². The number of para-hydroxylation sites is 1. The molecule has 3 rings (SSSR count). The number of thioether (sulfide) groups is 1. The topological polar surface area (TPSA) is 63.7 Å². The first-order valence-corrected chi connectivity index (χ1v) is 9.76. The highest BCUT2D eigenvalue weighted by Crippen LogP contribution is 2.38. The number of methoxy groups -OCH3 is 1. The standard InChI is InChI=1S/C14H13NO4S3/c1-19-14(16)13-12(6-8-21-13)22(17,18)15-7-9-20-11-5-3-2-4-10(11)15/h2-6,8H,7,9H2,1H3. The van der Waals surface area contributed by atoms with E-state index in [-0.39, 0.29) is 9.77 Å². The Balaban J connectivity index is 2.09. The highest BCUT2D eigenvalue weighted by Gasteiger charge is 2.33. The minimum absolute atomic E-state index is 0.00560. The third-order valence-electron chi connectivity index (χ3n) is 3.25. The molecule has 1 aliphatic rings. The number of hydrogen-bond donors (Lipinski definition) is 0. The van der Waals surface area contributed by atoms with E-state index in [0.717, 1.165) is 16.2 Å². The summed E-state index contributed by atoms with van der Waals surface area (Å²) in [5.41, 5.74) is 0.653. The molecular formula is C14H13NO4S3. The minimum Gasteiger partial charge on any atom is -0.465 e. The summed E-state index contributed by atoms with van der Waals surface area (Å²) in [4.78, 5) is 12.8. The first kappa shape index (κ1) is 15.4. The van der Waals surface area contributed by atoms with E-state index in [9.17, 15) is 13.2 Å². The number of nitrogens with zero attached hydrogens (tertiary/aromatic N) is 1. The van der Waals surface area contributed by atoms with E-state index in [1.165, 1.54) is 17.5 Å². The number of sulfonamides is 1. The molecular weight excluding hydrogens is 342 g/mol. The van der Waals surface area contributed by atoms with Gasteiger partial charge in [-0.25, -0.2) is 13.2 Å². The zero-order valence-electron chi connectivity index (χ0n) is 11.7. The zero-order valence-corrected chi connectivity index (χ0v) is 14.1. The molecule has 0 saturated heterocycles. The monoisotopic (exact) mass is 355 g/mol. The summed E-state index contributed by atoms with van der Waals surface area (Å²) in [5, 5.41) is 1.59. The average Bonchev–Trinajstić information content (AvgIpc) is 3.04. The Bertz CT molecular complexity index is 813. The number of anilines is 1. The predicted molar refractivity (Wildman–Crippen MR) is 87.4 cm³/mol. The summed E-state index contributed by atoms with van der Waals surface area (Å²) in [6, 6.07) is 8.82. The number of fused-ring (bicyclic) bond motifs is 1. The number of carbonyl (C=O) groups excluding carboxylic acids is 1. The van der Waals surface area contributed by atoms with Crippen LogP contribution in [0.2, 0.25) is 0 Å². The van der Waals surface area contributed by atoms with Crippen molar-refractivity contribution in [2.75, 3.05) is 23.7 Å². The van der Waals surface area contributed by atoms with Crippen LogP contribution < -0.4 is 4.31 Å². The van der Waals surface area contributed by atoms with Crippen molar-refractivity contribution in [2.24, 2.45) is 0 Å². The number of rotatable bonds is 3.